The van der Waals surface area contributed by atoms with E-state index in [1.54, 1.807) is 0 Å². The van der Waals surface area contributed by atoms with Gasteiger partial charge in [0.2, 0.25) is 0 Å². The smallest absolute Gasteiger partial charge is 0.315 e. The lowest BCUT2D eigenvalue weighted by molar-refractivity contribution is 0.232. The number of nitrogens with two attached hydrogens (primary N) is 1. The van der Waals surface area contributed by atoms with Gasteiger partial charge in [-0.25, -0.2) is 4.79 Å². The van der Waals surface area contributed by atoms with Crippen LogP contribution in [0.1, 0.15) is 43.7 Å². The first-order chi connectivity index (χ1) is 9.25. The van der Waals surface area contributed by atoms with Gasteiger partial charge in [0.15, 0.2) is 0 Å². The highest BCUT2D eigenvalue weighted by atomic mass is 16.2. The van der Waals surface area contributed by atoms with Gasteiger partial charge in [0.05, 0.1) is 0 Å². The summed E-state index contributed by atoms with van der Waals surface area (Å²) in [4.78, 5) is 11.8. The topological polar surface area (TPSA) is 67.1 Å². The van der Waals surface area contributed by atoms with Crippen molar-refractivity contribution in [3.8, 4) is 0 Å². The molecular weight excluding hydrogens is 238 g/mol. The number of amides is 2. The first-order valence-electron chi connectivity index (χ1n) is 7.10. The Balaban J connectivity index is 1.71. The van der Waals surface area contributed by atoms with Crippen molar-refractivity contribution >= 4 is 6.03 Å². The molecule has 0 bridgehead atoms. The van der Waals surface area contributed by atoms with Crippen LogP contribution in [-0.2, 0) is 0 Å². The molecular formula is C15H23N3O. The molecule has 0 heterocycles. The van der Waals surface area contributed by atoms with E-state index in [-0.39, 0.29) is 12.1 Å². The Labute approximate surface area is 114 Å². The van der Waals surface area contributed by atoms with E-state index in [1.807, 2.05) is 30.3 Å². The highest BCUT2D eigenvalue weighted by Crippen LogP contribution is 2.17. The Morgan fingerprint density at radius 2 is 1.89 bits per heavy atom. The van der Waals surface area contributed by atoms with Crippen LogP contribution in [0.5, 0.6) is 0 Å². The normalized spacial score (nSPS) is 17.7. The van der Waals surface area contributed by atoms with E-state index in [2.05, 4.69) is 10.6 Å². The van der Waals surface area contributed by atoms with Crippen molar-refractivity contribution < 1.29 is 4.79 Å². The lowest BCUT2D eigenvalue weighted by Crippen LogP contribution is -2.44. The predicted molar refractivity (Wildman–Crippen MR) is 76.8 cm³/mol. The van der Waals surface area contributed by atoms with Gasteiger partial charge in [-0.2, -0.15) is 0 Å². The van der Waals surface area contributed by atoms with Gasteiger partial charge in [-0.3, -0.25) is 0 Å². The van der Waals surface area contributed by atoms with Crippen molar-refractivity contribution in [2.24, 2.45) is 5.73 Å². The van der Waals surface area contributed by atoms with Gasteiger partial charge >= 0.3 is 6.03 Å². The van der Waals surface area contributed by atoms with E-state index < -0.39 is 0 Å². The van der Waals surface area contributed by atoms with Crippen LogP contribution in [0.3, 0.4) is 0 Å². The molecule has 19 heavy (non-hydrogen) atoms. The van der Waals surface area contributed by atoms with Crippen LogP contribution in [0.4, 0.5) is 4.79 Å². The Bertz CT molecular complexity index is 388. The van der Waals surface area contributed by atoms with Crippen LogP contribution in [0.2, 0.25) is 0 Å². The first-order valence-corrected chi connectivity index (χ1v) is 7.10. The van der Waals surface area contributed by atoms with Crippen LogP contribution in [0, 0.1) is 0 Å². The molecule has 1 unspecified atom stereocenters. The third-order valence-electron chi connectivity index (χ3n) is 3.65. The molecule has 1 fully saturated rings. The number of hydrogen-bond donors (Lipinski definition) is 3. The van der Waals surface area contributed by atoms with Gasteiger partial charge in [0, 0.05) is 18.6 Å². The molecule has 0 aromatic heterocycles. The van der Waals surface area contributed by atoms with Gasteiger partial charge in [-0.15, -0.1) is 0 Å². The molecule has 4 N–H and O–H groups in total. The van der Waals surface area contributed by atoms with E-state index >= 15 is 0 Å². The van der Waals surface area contributed by atoms with Crippen molar-refractivity contribution in [2.45, 2.75) is 44.2 Å². The van der Waals surface area contributed by atoms with Gasteiger partial charge in [0.1, 0.15) is 0 Å². The second-order valence-corrected chi connectivity index (χ2v) is 5.21. The summed E-state index contributed by atoms with van der Waals surface area (Å²) in [5, 5.41) is 5.87. The third kappa shape index (κ3) is 4.56. The van der Waals surface area contributed by atoms with Crippen molar-refractivity contribution in [3.05, 3.63) is 35.9 Å². The predicted octanol–water partition coefficient (Wildman–Crippen LogP) is 2.32. The molecule has 0 spiro atoms. The standard InChI is InChI=1S/C15H23N3O/c16-14(12-7-3-1-4-8-12)11-17-15(19)18-13-9-5-2-6-10-13/h1,3-4,7-8,13-14H,2,5-6,9-11,16H2,(H2,17,18,19). The van der Waals surface area contributed by atoms with Gasteiger partial charge in [0.25, 0.3) is 0 Å². The number of rotatable bonds is 4. The highest BCUT2D eigenvalue weighted by Gasteiger charge is 2.15. The van der Waals surface area contributed by atoms with Crippen molar-refractivity contribution in [1.82, 2.24) is 10.6 Å². The van der Waals surface area contributed by atoms with Crippen LogP contribution in [0.25, 0.3) is 0 Å². The Morgan fingerprint density at radius 1 is 1.21 bits per heavy atom. The fraction of sp³-hybridized carbons (Fsp3) is 0.533. The largest absolute Gasteiger partial charge is 0.336 e. The van der Waals surface area contributed by atoms with E-state index in [4.69, 9.17) is 5.73 Å². The average molecular weight is 261 g/mol. The summed E-state index contributed by atoms with van der Waals surface area (Å²) in [6, 6.07) is 9.91. The van der Waals surface area contributed by atoms with Crippen molar-refractivity contribution in [2.75, 3.05) is 6.54 Å². The molecule has 1 aliphatic rings. The van der Waals surface area contributed by atoms with E-state index in [0.717, 1.165) is 18.4 Å². The van der Waals surface area contributed by atoms with E-state index in [9.17, 15) is 4.79 Å². The second-order valence-electron chi connectivity index (χ2n) is 5.21. The van der Waals surface area contributed by atoms with Gasteiger partial charge < -0.3 is 16.4 Å². The maximum Gasteiger partial charge on any atom is 0.315 e. The molecule has 2 rings (SSSR count). The Morgan fingerprint density at radius 3 is 2.58 bits per heavy atom. The maximum absolute atomic E-state index is 11.8. The lowest BCUT2D eigenvalue weighted by atomic mass is 9.96. The lowest BCUT2D eigenvalue weighted by Gasteiger charge is -2.23. The van der Waals surface area contributed by atoms with Crippen LogP contribution in [0.15, 0.2) is 30.3 Å². The highest BCUT2D eigenvalue weighted by molar-refractivity contribution is 5.74. The fourth-order valence-electron chi connectivity index (χ4n) is 2.50. The molecule has 1 aromatic rings. The number of nitrogens with one attached hydrogen (secondary N) is 2. The number of carbonyl (C=O) groups excluding carboxylic acids is 1. The zero-order valence-electron chi connectivity index (χ0n) is 11.3. The second kappa shape index (κ2) is 7.14. The number of hydrogen-bond acceptors (Lipinski definition) is 2. The van der Waals surface area contributed by atoms with Crippen LogP contribution >= 0.6 is 0 Å². The summed E-state index contributed by atoms with van der Waals surface area (Å²) in [7, 11) is 0. The minimum Gasteiger partial charge on any atom is -0.336 e. The van der Waals surface area contributed by atoms with E-state index in [0.29, 0.717) is 12.6 Å². The van der Waals surface area contributed by atoms with Crippen molar-refractivity contribution in [1.29, 1.82) is 0 Å². The molecule has 1 aliphatic carbocycles. The molecule has 1 atom stereocenters. The molecule has 4 heteroatoms. The Kier molecular flexibility index (Phi) is 5.21. The number of benzene rings is 1. The minimum atomic E-state index is -0.154. The zero-order chi connectivity index (χ0) is 13.5. The first kappa shape index (κ1) is 13.9. The summed E-state index contributed by atoms with van der Waals surface area (Å²) < 4.78 is 0. The molecule has 0 aliphatic heterocycles. The zero-order valence-corrected chi connectivity index (χ0v) is 11.3. The van der Waals surface area contributed by atoms with Gasteiger partial charge in [-0.1, -0.05) is 49.6 Å². The van der Waals surface area contributed by atoms with Gasteiger partial charge in [-0.05, 0) is 18.4 Å². The summed E-state index contributed by atoms with van der Waals surface area (Å²) in [5.74, 6) is 0. The van der Waals surface area contributed by atoms with E-state index in [1.165, 1.54) is 19.3 Å². The minimum absolute atomic E-state index is 0.0988. The molecule has 2 amide bonds. The monoisotopic (exact) mass is 261 g/mol. The molecule has 0 radical (unpaired) electrons. The quantitative estimate of drug-likeness (QED) is 0.778. The molecule has 0 saturated heterocycles. The van der Waals surface area contributed by atoms with Crippen LogP contribution in [-0.4, -0.2) is 18.6 Å². The molecule has 1 saturated carbocycles. The summed E-state index contributed by atoms with van der Waals surface area (Å²) in [5.41, 5.74) is 7.08. The number of urea groups is 1. The molecule has 1 aromatic carbocycles. The summed E-state index contributed by atoms with van der Waals surface area (Å²) >= 11 is 0. The van der Waals surface area contributed by atoms with Crippen LogP contribution < -0.4 is 16.4 Å². The molecule has 104 valence electrons. The maximum atomic E-state index is 11.8. The summed E-state index contributed by atoms with van der Waals surface area (Å²) in [6.07, 6.45) is 5.91. The third-order valence-corrected chi connectivity index (χ3v) is 3.65. The average Bonchev–Trinajstić information content (AvgIpc) is 2.47. The molecule has 4 nitrogen and oxygen atoms in total. The summed E-state index contributed by atoms with van der Waals surface area (Å²) in [6.45, 7) is 0.461. The Hall–Kier alpha value is -1.55. The van der Waals surface area contributed by atoms with Crippen molar-refractivity contribution in [3.63, 3.8) is 0 Å². The fourth-order valence-corrected chi connectivity index (χ4v) is 2.50. The SMILES string of the molecule is NC(CNC(=O)NC1CCCCC1)c1ccccc1. The number of carbonyl (C=O) groups is 1.